The van der Waals surface area contributed by atoms with Crippen LogP contribution in [0.3, 0.4) is 0 Å². The quantitative estimate of drug-likeness (QED) is 0.809. The summed E-state index contributed by atoms with van der Waals surface area (Å²) in [5.74, 6) is -0.983. The number of carbonyl (C=O) groups is 2. The summed E-state index contributed by atoms with van der Waals surface area (Å²) in [6, 6.07) is 0. The second kappa shape index (κ2) is 6.75. The number of carboxylic acid groups (broad SMARTS) is 1. The zero-order valence-electron chi connectivity index (χ0n) is 12.6. The molecule has 0 aromatic carbocycles. The maximum atomic E-state index is 12.5. The molecule has 2 fully saturated rings. The Balaban J connectivity index is 2.03. The third-order valence-electron chi connectivity index (χ3n) is 4.64. The van der Waals surface area contributed by atoms with Gasteiger partial charge in [0.05, 0.1) is 24.2 Å². The van der Waals surface area contributed by atoms with Crippen LogP contribution in [0.15, 0.2) is 0 Å². The lowest BCUT2D eigenvalue weighted by atomic mass is 9.71. The van der Waals surface area contributed by atoms with Gasteiger partial charge < -0.3 is 19.8 Å². The van der Waals surface area contributed by atoms with E-state index in [1.807, 2.05) is 6.92 Å². The van der Waals surface area contributed by atoms with Gasteiger partial charge in [-0.2, -0.15) is 0 Å². The number of rotatable bonds is 4. The molecule has 2 rings (SSSR count). The molecular formula is C15H25NO5. The first-order valence-electron chi connectivity index (χ1n) is 7.74. The van der Waals surface area contributed by atoms with Crippen molar-refractivity contribution in [3.05, 3.63) is 0 Å². The molecule has 2 unspecified atom stereocenters. The third kappa shape index (κ3) is 3.74. The minimum absolute atomic E-state index is 0.0627. The van der Waals surface area contributed by atoms with Gasteiger partial charge in [0.25, 0.3) is 0 Å². The Bertz CT molecular complexity index is 392. The minimum Gasteiger partial charge on any atom is -0.481 e. The molecule has 21 heavy (non-hydrogen) atoms. The summed E-state index contributed by atoms with van der Waals surface area (Å²) in [7, 11) is 0. The molecule has 2 N–H and O–H groups in total. The first-order valence-corrected chi connectivity index (χ1v) is 7.74. The molecule has 1 saturated carbocycles. The molecule has 120 valence electrons. The Morgan fingerprint density at radius 1 is 1.24 bits per heavy atom. The van der Waals surface area contributed by atoms with Crippen LogP contribution in [0.1, 0.15) is 45.4 Å². The lowest BCUT2D eigenvalue weighted by Crippen LogP contribution is -2.52. The number of hydrogen-bond acceptors (Lipinski definition) is 4. The van der Waals surface area contributed by atoms with E-state index in [4.69, 9.17) is 4.74 Å². The van der Waals surface area contributed by atoms with Gasteiger partial charge in [0.2, 0.25) is 5.91 Å². The zero-order chi connectivity index (χ0) is 15.5. The van der Waals surface area contributed by atoms with Crippen molar-refractivity contribution in [2.24, 2.45) is 5.41 Å². The number of morpholine rings is 1. The molecule has 0 aromatic rings. The van der Waals surface area contributed by atoms with Gasteiger partial charge in [0.1, 0.15) is 0 Å². The van der Waals surface area contributed by atoms with E-state index in [1.54, 1.807) is 4.90 Å². The van der Waals surface area contributed by atoms with E-state index < -0.39 is 11.4 Å². The maximum absolute atomic E-state index is 12.5. The number of aliphatic hydroxyl groups is 1. The fraction of sp³-hybridized carbons (Fsp3) is 0.867. The Kier molecular flexibility index (Phi) is 5.22. The first kappa shape index (κ1) is 16.2. The van der Waals surface area contributed by atoms with Crippen molar-refractivity contribution in [1.29, 1.82) is 0 Å². The Hall–Kier alpha value is -1.14. The average Bonchev–Trinajstić information content (AvgIpc) is 2.47. The molecule has 2 aliphatic rings. The number of aliphatic carboxylic acids is 1. The number of aliphatic hydroxyl groups excluding tert-OH is 1. The lowest BCUT2D eigenvalue weighted by Gasteiger charge is -2.39. The summed E-state index contributed by atoms with van der Waals surface area (Å²) in [5, 5.41) is 18.8. The topological polar surface area (TPSA) is 87.1 Å². The minimum atomic E-state index is -0.897. The molecule has 1 heterocycles. The summed E-state index contributed by atoms with van der Waals surface area (Å²) in [4.78, 5) is 25.8. The van der Waals surface area contributed by atoms with Crippen molar-refractivity contribution in [2.45, 2.75) is 57.7 Å². The second-order valence-corrected chi connectivity index (χ2v) is 6.37. The van der Waals surface area contributed by atoms with Crippen molar-refractivity contribution >= 4 is 11.9 Å². The molecule has 6 nitrogen and oxygen atoms in total. The molecular weight excluding hydrogens is 274 g/mol. The molecule has 2 atom stereocenters. The fourth-order valence-electron chi connectivity index (χ4n) is 3.45. The van der Waals surface area contributed by atoms with Crippen LogP contribution >= 0.6 is 0 Å². The van der Waals surface area contributed by atoms with Crippen molar-refractivity contribution < 1.29 is 24.5 Å². The van der Waals surface area contributed by atoms with Crippen LogP contribution in [0.4, 0.5) is 0 Å². The van der Waals surface area contributed by atoms with Crippen molar-refractivity contribution in [3.63, 3.8) is 0 Å². The van der Waals surface area contributed by atoms with Gasteiger partial charge in [-0.3, -0.25) is 9.59 Å². The standard InChI is InChI=1S/C15H25NO5/c1-11-8-16(9-12(10-17)21-11)13(18)7-15(14(19)20)5-3-2-4-6-15/h11-12,17H,2-10H2,1H3,(H,19,20). The van der Waals surface area contributed by atoms with Crippen molar-refractivity contribution in [1.82, 2.24) is 4.90 Å². The fourth-order valence-corrected chi connectivity index (χ4v) is 3.45. The van der Waals surface area contributed by atoms with Crippen LogP contribution in [0.5, 0.6) is 0 Å². The smallest absolute Gasteiger partial charge is 0.310 e. The third-order valence-corrected chi connectivity index (χ3v) is 4.64. The Labute approximate surface area is 125 Å². The van der Waals surface area contributed by atoms with Crippen LogP contribution in [0.25, 0.3) is 0 Å². The number of carboxylic acids is 1. The van der Waals surface area contributed by atoms with Crippen molar-refractivity contribution in [3.8, 4) is 0 Å². The van der Waals surface area contributed by atoms with E-state index in [-0.39, 0.29) is 31.1 Å². The van der Waals surface area contributed by atoms with E-state index >= 15 is 0 Å². The molecule has 1 aliphatic carbocycles. The van der Waals surface area contributed by atoms with Gasteiger partial charge in [-0.05, 0) is 19.8 Å². The van der Waals surface area contributed by atoms with E-state index in [2.05, 4.69) is 0 Å². The molecule has 0 aromatic heterocycles. The number of ether oxygens (including phenoxy) is 1. The predicted octanol–water partition coefficient (Wildman–Crippen LogP) is 1.02. The zero-order valence-corrected chi connectivity index (χ0v) is 12.6. The van der Waals surface area contributed by atoms with E-state index in [0.717, 1.165) is 19.3 Å². The van der Waals surface area contributed by atoms with Crippen LogP contribution < -0.4 is 0 Å². The second-order valence-electron chi connectivity index (χ2n) is 6.37. The van der Waals surface area contributed by atoms with Crippen LogP contribution in [0, 0.1) is 5.41 Å². The number of hydrogen-bond donors (Lipinski definition) is 2. The van der Waals surface area contributed by atoms with Gasteiger partial charge in [-0.25, -0.2) is 0 Å². The van der Waals surface area contributed by atoms with E-state index in [0.29, 0.717) is 25.9 Å². The van der Waals surface area contributed by atoms with Crippen LogP contribution in [0.2, 0.25) is 0 Å². The molecule has 0 bridgehead atoms. The highest BCUT2D eigenvalue weighted by atomic mass is 16.5. The van der Waals surface area contributed by atoms with Gasteiger partial charge in [0.15, 0.2) is 0 Å². The van der Waals surface area contributed by atoms with E-state index in [1.165, 1.54) is 0 Å². The Morgan fingerprint density at radius 2 is 1.90 bits per heavy atom. The monoisotopic (exact) mass is 299 g/mol. The molecule has 1 amide bonds. The largest absolute Gasteiger partial charge is 0.481 e. The summed E-state index contributed by atoms with van der Waals surface area (Å²) in [6.07, 6.45) is 3.51. The summed E-state index contributed by atoms with van der Waals surface area (Å²) in [5.41, 5.74) is -0.897. The van der Waals surface area contributed by atoms with Gasteiger partial charge in [-0.1, -0.05) is 19.3 Å². The maximum Gasteiger partial charge on any atom is 0.310 e. The highest BCUT2D eigenvalue weighted by molar-refractivity contribution is 5.85. The summed E-state index contributed by atoms with van der Waals surface area (Å²) < 4.78 is 5.52. The summed E-state index contributed by atoms with van der Waals surface area (Å²) in [6.45, 7) is 2.54. The molecule has 6 heteroatoms. The van der Waals surface area contributed by atoms with Gasteiger partial charge >= 0.3 is 5.97 Å². The molecule has 1 aliphatic heterocycles. The normalized spacial score (nSPS) is 29.1. The highest BCUT2D eigenvalue weighted by Crippen LogP contribution is 2.40. The van der Waals surface area contributed by atoms with Crippen molar-refractivity contribution in [2.75, 3.05) is 19.7 Å². The highest BCUT2D eigenvalue weighted by Gasteiger charge is 2.43. The van der Waals surface area contributed by atoms with Crippen LogP contribution in [-0.4, -0.2) is 58.9 Å². The van der Waals surface area contributed by atoms with Crippen LogP contribution in [-0.2, 0) is 14.3 Å². The number of nitrogens with zero attached hydrogens (tertiary/aromatic N) is 1. The molecule has 0 radical (unpaired) electrons. The number of amides is 1. The average molecular weight is 299 g/mol. The Morgan fingerprint density at radius 3 is 2.48 bits per heavy atom. The van der Waals surface area contributed by atoms with E-state index in [9.17, 15) is 19.8 Å². The summed E-state index contributed by atoms with van der Waals surface area (Å²) >= 11 is 0. The first-order chi connectivity index (χ1) is 9.97. The molecule has 1 saturated heterocycles. The lowest BCUT2D eigenvalue weighted by molar-refractivity contribution is -0.160. The van der Waals surface area contributed by atoms with Gasteiger partial charge in [-0.15, -0.1) is 0 Å². The van der Waals surface area contributed by atoms with Gasteiger partial charge in [0, 0.05) is 19.5 Å². The number of carbonyl (C=O) groups excluding carboxylic acids is 1. The SMILES string of the molecule is CC1CN(C(=O)CC2(C(=O)O)CCCCC2)CC(CO)O1. The molecule has 0 spiro atoms. The predicted molar refractivity (Wildman–Crippen MR) is 75.8 cm³/mol.